The van der Waals surface area contributed by atoms with Crippen molar-refractivity contribution in [2.75, 3.05) is 33.4 Å². The number of carbonyl (C=O) groups excluding carboxylic acids is 1. The summed E-state index contributed by atoms with van der Waals surface area (Å²) < 4.78 is 4.94. The van der Waals surface area contributed by atoms with Crippen LogP contribution in [0.15, 0.2) is 29.4 Å². The lowest BCUT2D eigenvalue weighted by molar-refractivity contribution is 0.0656. The van der Waals surface area contributed by atoms with E-state index in [1.807, 2.05) is 0 Å². The van der Waals surface area contributed by atoms with E-state index in [2.05, 4.69) is 5.16 Å². The minimum atomic E-state index is -0.247. The molecule has 20 heavy (non-hydrogen) atoms. The first-order valence-corrected chi connectivity index (χ1v) is 6.11. The van der Waals surface area contributed by atoms with Crippen molar-refractivity contribution in [2.45, 2.75) is 0 Å². The van der Waals surface area contributed by atoms with Crippen LogP contribution in [0.25, 0.3) is 0 Å². The molecule has 0 spiro atoms. The van der Waals surface area contributed by atoms with Gasteiger partial charge in [-0.2, -0.15) is 0 Å². The molecular weight excluding hydrogens is 262 g/mol. The highest BCUT2D eigenvalue weighted by atomic mass is 16.5. The summed E-state index contributed by atoms with van der Waals surface area (Å²) in [6.07, 6.45) is 0. The lowest BCUT2D eigenvalue weighted by atomic mass is 10.1. The quantitative estimate of drug-likeness (QED) is 0.279. The van der Waals surface area contributed by atoms with Gasteiger partial charge in [0.1, 0.15) is 0 Å². The zero-order chi connectivity index (χ0) is 15.0. The number of amidine groups is 1. The number of hydrogen-bond acceptors (Lipinski definition) is 5. The molecule has 1 rings (SSSR count). The van der Waals surface area contributed by atoms with E-state index in [9.17, 15) is 4.79 Å². The zero-order valence-corrected chi connectivity index (χ0v) is 11.3. The number of ether oxygens (including phenoxy) is 1. The second-order valence-electron chi connectivity index (χ2n) is 4.07. The summed E-state index contributed by atoms with van der Waals surface area (Å²) in [7, 11) is 1.54. The number of hydrogen-bond donors (Lipinski definition) is 3. The van der Waals surface area contributed by atoms with E-state index < -0.39 is 0 Å². The Balaban J connectivity index is 2.93. The Labute approximate surface area is 117 Å². The predicted octanol–water partition coefficient (Wildman–Crippen LogP) is -0.138. The molecule has 0 saturated heterocycles. The molecule has 4 N–H and O–H groups in total. The van der Waals surface area contributed by atoms with Crippen molar-refractivity contribution >= 4 is 11.7 Å². The second kappa shape index (κ2) is 8.13. The largest absolute Gasteiger partial charge is 0.409 e. The first-order valence-electron chi connectivity index (χ1n) is 6.11. The molecule has 0 atom stereocenters. The van der Waals surface area contributed by atoms with E-state index in [0.29, 0.717) is 24.3 Å². The number of rotatable bonds is 7. The van der Waals surface area contributed by atoms with Crippen molar-refractivity contribution in [1.82, 2.24) is 4.90 Å². The van der Waals surface area contributed by atoms with Crippen molar-refractivity contribution in [3.63, 3.8) is 0 Å². The molecule has 0 aliphatic heterocycles. The highest BCUT2D eigenvalue weighted by Crippen LogP contribution is 2.09. The number of aliphatic hydroxyl groups excluding tert-OH is 1. The number of nitrogens with zero attached hydrogens (tertiary/aromatic N) is 2. The number of nitrogens with two attached hydrogens (primary N) is 1. The molecule has 1 aromatic rings. The topological polar surface area (TPSA) is 108 Å². The van der Waals surface area contributed by atoms with E-state index in [0.717, 1.165) is 0 Å². The van der Waals surface area contributed by atoms with Crippen LogP contribution >= 0.6 is 0 Å². The van der Waals surface area contributed by atoms with Crippen LogP contribution in [-0.4, -0.2) is 60.4 Å². The van der Waals surface area contributed by atoms with Crippen LogP contribution in [0.5, 0.6) is 0 Å². The van der Waals surface area contributed by atoms with Gasteiger partial charge in [0.05, 0.1) is 13.2 Å². The average Bonchev–Trinajstić information content (AvgIpc) is 2.50. The standard InChI is InChI=1S/C13H19N3O4/c1-20-8-6-16(5-7-17)13(18)11-4-2-3-10(9-11)12(14)15-19/h2-4,9,17,19H,5-8H2,1H3,(H2,14,15). The van der Waals surface area contributed by atoms with E-state index in [1.165, 1.54) is 11.0 Å². The highest BCUT2D eigenvalue weighted by molar-refractivity contribution is 6.01. The van der Waals surface area contributed by atoms with Crippen molar-refractivity contribution in [3.05, 3.63) is 35.4 Å². The van der Waals surface area contributed by atoms with Crippen LogP contribution in [0, 0.1) is 0 Å². The van der Waals surface area contributed by atoms with Gasteiger partial charge in [0.25, 0.3) is 5.91 Å². The Bertz CT molecular complexity index is 476. The van der Waals surface area contributed by atoms with Crippen LogP contribution in [0.3, 0.4) is 0 Å². The minimum absolute atomic E-state index is 0.0646. The van der Waals surface area contributed by atoms with Crippen LogP contribution < -0.4 is 5.73 Å². The average molecular weight is 281 g/mol. The maximum Gasteiger partial charge on any atom is 0.254 e. The number of carbonyl (C=O) groups is 1. The molecular formula is C13H19N3O4. The van der Waals surface area contributed by atoms with Gasteiger partial charge in [-0.05, 0) is 12.1 Å². The Morgan fingerprint density at radius 2 is 2.10 bits per heavy atom. The maximum absolute atomic E-state index is 12.3. The molecule has 0 radical (unpaired) electrons. The van der Waals surface area contributed by atoms with Gasteiger partial charge in [-0.3, -0.25) is 4.79 Å². The van der Waals surface area contributed by atoms with Crippen molar-refractivity contribution in [3.8, 4) is 0 Å². The molecule has 0 saturated carbocycles. The third-order valence-corrected chi connectivity index (χ3v) is 2.74. The molecule has 0 aliphatic carbocycles. The van der Waals surface area contributed by atoms with Gasteiger partial charge in [-0.15, -0.1) is 0 Å². The van der Waals surface area contributed by atoms with E-state index in [4.69, 9.17) is 20.8 Å². The Hall–Kier alpha value is -2.12. The smallest absolute Gasteiger partial charge is 0.254 e. The van der Waals surface area contributed by atoms with Crippen LogP contribution in [0.2, 0.25) is 0 Å². The molecule has 0 aromatic heterocycles. The Morgan fingerprint density at radius 1 is 1.40 bits per heavy atom. The molecule has 7 heteroatoms. The summed E-state index contributed by atoms with van der Waals surface area (Å²) in [6.45, 7) is 0.848. The lowest BCUT2D eigenvalue weighted by Crippen LogP contribution is -2.36. The Morgan fingerprint density at radius 3 is 2.70 bits per heavy atom. The number of amides is 1. The first-order chi connectivity index (χ1) is 9.63. The number of aliphatic hydroxyl groups is 1. The number of methoxy groups -OCH3 is 1. The number of benzene rings is 1. The van der Waals surface area contributed by atoms with Crippen molar-refractivity contribution in [2.24, 2.45) is 10.9 Å². The van der Waals surface area contributed by atoms with Crippen molar-refractivity contribution in [1.29, 1.82) is 0 Å². The fourth-order valence-corrected chi connectivity index (χ4v) is 1.69. The van der Waals surface area contributed by atoms with Crippen molar-refractivity contribution < 1.29 is 19.8 Å². The van der Waals surface area contributed by atoms with Gasteiger partial charge >= 0.3 is 0 Å². The summed E-state index contributed by atoms with van der Waals surface area (Å²) in [5.41, 5.74) is 6.35. The van der Waals surface area contributed by atoms with Gasteiger partial charge in [0.15, 0.2) is 5.84 Å². The second-order valence-corrected chi connectivity index (χ2v) is 4.07. The monoisotopic (exact) mass is 281 g/mol. The molecule has 0 aliphatic rings. The summed E-state index contributed by atoms with van der Waals surface area (Å²) in [5, 5.41) is 20.6. The predicted molar refractivity (Wildman–Crippen MR) is 73.8 cm³/mol. The fraction of sp³-hybridized carbons (Fsp3) is 0.385. The van der Waals surface area contributed by atoms with E-state index in [-0.39, 0.29) is 24.9 Å². The highest BCUT2D eigenvalue weighted by Gasteiger charge is 2.15. The normalized spacial score (nSPS) is 11.4. The summed E-state index contributed by atoms with van der Waals surface area (Å²) in [4.78, 5) is 13.8. The maximum atomic E-state index is 12.3. The number of oxime groups is 1. The lowest BCUT2D eigenvalue weighted by Gasteiger charge is -2.21. The summed E-state index contributed by atoms with van der Waals surface area (Å²) >= 11 is 0. The Kier molecular flexibility index (Phi) is 6.48. The molecule has 1 amide bonds. The summed E-state index contributed by atoms with van der Waals surface area (Å²) in [6, 6.07) is 6.45. The molecule has 7 nitrogen and oxygen atoms in total. The molecule has 1 aromatic carbocycles. The summed E-state index contributed by atoms with van der Waals surface area (Å²) in [5.74, 6) is -0.311. The van der Waals surface area contributed by atoms with E-state index in [1.54, 1.807) is 25.3 Å². The fourth-order valence-electron chi connectivity index (χ4n) is 1.69. The van der Waals surface area contributed by atoms with Gasteiger partial charge in [-0.25, -0.2) is 0 Å². The third kappa shape index (κ3) is 4.22. The molecule has 110 valence electrons. The minimum Gasteiger partial charge on any atom is -0.409 e. The molecule has 0 fully saturated rings. The van der Waals surface area contributed by atoms with Crippen LogP contribution in [-0.2, 0) is 4.74 Å². The van der Waals surface area contributed by atoms with Gasteiger partial charge in [-0.1, -0.05) is 17.3 Å². The molecule has 0 heterocycles. The van der Waals surface area contributed by atoms with Crippen LogP contribution in [0.1, 0.15) is 15.9 Å². The SMILES string of the molecule is COCCN(CCO)C(=O)c1cccc(/C(N)=N/O)c1. The van der Waals surface area contributed by atoms with Gasteiger partial charge < -0.3 is 25.7 Å². The first kappa shape index (κ1) is 15.9. The molecule has 0 unspecified atom stereocenters. The molecule has 0 bridgehead atoms. The van der Waals surface area contributed by atoms with Crippen LogP contribution in [0.4, 0.5) is 0 Å². The third-order valence-electron chi connectivity index (χ3n) is 2.74. The zero-order valence-electron chi connectivity index (χ0n) is 11.3. The van der Waals surface area contributed by atoms with Gasteiger partial charge in [0.2, 0.25) is 0 Å². The van der Waals surface area contributed by atoms with E-state index >= 15 is 0 Å². The van der Waals surface area contributed by atoms with Gasteiger partial charge in [0, 0.05) is 31.3 Å².